The minimum atomic E-state index is -4.55. The number of alkyl halides is 3. The summed E-state index contributed by atoms with van der Waals surface area (Å²) in [6, 6.07) is 16.6. The second-order valence-corrected chi connectivity index (χ2v) is 14.8. The quantitative estimate of drug-likeness (QED) is 0.0579. The van der Waals surface area contributed by atoms with Crippen LogP contribution in [-0.4, -0.2) is 35.0 Å². The zero-order valence-electron chi connectivity index (χ0n) is 34.3. The van der Waals surface area contributed by atoms with Crippen LogP contribution < -0.4 is 19.1 Å². The van der Waals surface area contributed by atoms with Crippen molar-refractivity contribution in [1.29, 1.82) is 0 Å². The fourth-order valence-corrected chi connectivity index (χ4v) is 6.77. The molecular weight excluding hydrogens is 714 g/mol. The summed E-state index contributed by atoms with van der Waals surface area (Å²) in [4.78, 5) is 6.49. The van der Waals surface area contributed by atoms with Gasteiger partial charge in [0, 0.05) is 18.0 Å². The lowest BCUT2D eigenvalue weighted by Gasteiger charge is -2.29. The Hall–Kier alpha value is -4.21. The molecule has 308 valence electrons. The zero-order valence-corrected chi connectivity index (χ0v) is 34.3. The maximum atomic E-state index is 13.5. The maximum Gasteiger partial charge on any atom is 0.432 e. The van der Waals surface area contributed by atoms with Crippen LogP contribution in [0.3, 0.4) is 0 Å². The molecule has 0 aliphatic carbocycles. The van der Waals surface area contributed by atoms with Gasteiger partial charge in [-0.15, -0.1) is 0 Å². The number of rotatable bonds is 28. The highest BCUT2D eigenvalue weighted by Crippen LogP contribution is 2.44. The Kier molecular flexibility index (Phi) is 19.4. The smallest absolute Gasteiger partial charge is 0.432 e. The van der Waals surface area contributed by atoms with Gasteiger partial charge >= 0.3 is 6.18 Å². The van der Waals surface area contributed by atoms with Crippen LogP contribution in [0.25, 0.3) is 11.4 Å². The summed E-state index contributed by atoms with van der Waals surface area (Å²) in [5.41, 5.74) is 2.80. The second-order valence-electron chi connectivity index (χ2n) is 14.8. The summed E-state index contributed by atoms with van der Waals surface area (Å²) >= 11 is 0. The number of aromatic nitrogens is 3. The molecule has 0 saturated carbocycles. The second kappa shape index (κ2) is 24.4. The number of benzene rings is 2. The predicted molar refractivity (Wildman–Crippen MR) is 223 cm³/mol. The molecule has 0 atom stereocenters. The van der Waals surface area contributed by atoms with E-state index in [1.165, 1.54) is 77.0 Å². The molecule has 0 radical (unpaired) electrons. The molecule has 10 heteroatoms. The highest BCUT2D eigenvalue weighted by Gasteiger charge is 2.33. The van der Waals surface area contributed by atoms with Crippen molar-refractivity contribution in [2.45, 2.75) is 149 Å². The van der Waals surface area contributed by atoms with E-state index in [0.717, 1.165) is 73.0 Å². The first-order valence-corrected chi connectivity index (χ1v) is 21.3. The first kappa shape index (κ1) is 44.5. The number of unbranched alkanes of at least 4 members (excludes halogenated alkanes) is 15. The molecule has 2 heterocycles. The average molecular weight is 779 g/mol. The van der Waals surface area contributed by atoms with Crippen molar-refractivity contribution in [2.24, 2.45) is 0 Å². The van der Waals surface area contributed by atoms with Gasteiger partial charge in [0.05, 0.1) is 36.9 Å². The number of anilines is 3. The molecule has 2 aromatic heterocycles. The third-order valence-corrected chi connectivity index (χ3v) is 10.0. The Morgan fingerprint density at radius 1 is 0.571 bits per heavy atom. The van der Waals surface area contributed by atoms with Crippen LogP contribution in [0.2, 0.25) is 0 Å². The molecule has 0 unspecified atom stereocenters. The number of ether oxygens (including phenoxy) is 3. The van der Waals surface area contributed by atoms with E-state index in [-0.39, 0.29) is 5.69 Å². The third-order valence-electron chi connectivity index (χ3n) is 10.0. The molecule has 7 nitrogen and oxygen atoms in total. The number of hydrogen-bond donors (Lipinski definition) is 1. The summed E-state index contributed by atoms with van der Waals surface area (Å²) in [5, 5.41) is 6.08. The highest BCUT2D eigenvalue weighted by atomic mass is 19.4. The zero-order chi connectivity index (χ0) is 40.0. The summed E-state index contributed by atoms with van der Waals surface area (Å²) in [6.07, 6.45) is 18.1. The molecule has 0 aliphatic rings. The highest BCUT2D eigenvalue weighted by molar-refractivity contribution is 5.83. The normalized spacial score (nSPS) is 11.6. The van der Waals surface area contributed by atoms with Gasteiger partial charge in [-0.05, 0) is 80.3 Å². The molecule has 0 fully saturated rings. The van der Waals surface area contributed by atoms with Crippen molar-refractivity contribution in [3.63, 3.8) is 0 Å². The summed E-state index contributed by atoms with van der Waals surface area (Å²) in [6.45, 7) is 10.5. The van der Waals surface area contributed by atoms with E-state index in [1.54, 1.807) is 12.3 Å². The summed E-state index contributed by atoms with van der Waals surface area (Å²) in [5.74, 6) is 2.20. The molecule has 4 aromatic rings. The SMILES string of the molecule is CCCCCCCCOc1ccc(N(c2ccnc(-c3cc(C(F)(F)F)[nH]n3)c2)c2ccc(OCCCCCCCC)cc2OCCCCCCCC)c(C)c1. The number of pyridine rings is 1. The van der Waals surface area contributed by atoms with Crippen molar-refractivity contribution in [3.05, 3.63) is 72.1 Å². The number of H-pyrrole nitrogens is 1. The van der Waals surface area contributed by atoms with Crippen molar-refractivity contribution in [3.8, 4) is 28.6 Å². The van der Waals surface area contributed by atoms with Gasteiger partial charge < -0.3 is 19.1 Å². The third kappa shape index (κ3) is 14.7. The largest absolute Gasteiger partial charge is 0.494 e. The van der Waals surface area contributed by atoms with Gasteiger partial charge in [0.15, 0.2) is 0 Å². The van der Waals surface area contributed by atoms with E-state index in [4.69, 9.17) is 14.2 Å². The monoisotopic (exact) mass is 779 g/mol. The van der Waals surface area contributed by atoms with Crippen LogP contribution in [0, 0.1) is 6.92 Å². The van der Waals surface area contributed by atoms with Gasteiger partial charge in [0.2, 0.25) is 0 Å². The van der Waals surface area contributed by atoms with Gasteiger partial charge in [-0.1, -0.05) is 117 Å². The van der Waals surface area contributed by atoms with Gasteiger partial charge in [-0.25, -0.2) is 0 Å². The fraction of sp³-hybridized carbons (Fsp3) is 0.565. The van der Waals surface area contributed by atoms with Crippen LogP contribution in [0.4, 0.5) is 30.2 Å². The topological polar surface area (TPSA) is 72.5 Å². The van der Waals surface area contributed by atoms with E-state index >= 15 is 0 Å². The molecule has 0 aliphatic heterocycles. The number of nitrogens with one attached hydrogen (secondary N) is 1. The lowest BCUT2D eigenvalue weighted by atomic mass is 10.1. The standard InChI is InChI=1S/C46H65F3N4O3/c1-5-8-11-14-17-20-29-54-38-23-25-42(36(4)32-38)53(37-27-28-50-40(33-37)41-35-45(52-51-41)46(47,48)49)43-26-24-39(55-30-21-18-15-12-9-6-2)34-44(43)56-31-22-19-16-13-10-7-3/h23-28,32-35H,5-22,29-31H2,1-4H3,(H,51,52). The minimum absolute atomic E-state index is 0.104. The van der Waals surface area contributed by atoms with Crippen molar-refractivity contribution < 1.29 is 27.4 Å². The maximum absolute atomic E-state index is 13.5. The average Bonchev–Trinajstić information content (AvgIpc) is 3.70. The first-order valence-electron chi connectivity index (χ1n) is 21.3. The molecule has 0 amide bonds. The Balaban J connectivity index is 1.67. The predicted octanol–water partition coefficient (Wildman–Crippen LogP) is 14.5. The Bertz CT molecular complexity index is 1690. The van der Waals surface area contributed by atoms with E-state index < -0.39 is 11.9 Å². The number of halogens is 3. The molecule has 2 aromatic carbocycles. The summed E-state index contributed by atoms with van der Waals surface area (Å²) in [7, 11) is 0. The molecule has 0 saturated heterocycles. The molecule has 4 rings (SSSR count). The Labute approximate surface area is 333 Å². The van der Waals surface area contributed by atoms with Crippen LogP contribution in [0.15, 0.2) is 60.8 Å². The Morgan fingerprint density at radius 2 is 1.09 bits per heavy atom. The molecular formula is C46H65F3N4O3. The van der Waals surface area contributed by atoms with E-state index in [0.29, 0.717) is 37.0 Å². The molecule has 0 spiro atoms. The number of aryl methyl sites for hydroxylation is 1. The van der Waals surface area contributed by atoms with E-state index in [9.17, 15) is 13.2 Å². The lowest BCUT2D eigenvalue weighted by Crippen LogP contribution is -2.14. The first-order chi connectivity index (χ1) is 27.2. The van der Waals surface area contributed by atoms with Crippen LogP contribution in [-0.2, 0) is 6.18 Å². The van der Waals surface area contributed by atoms with Crippen molar-refractivity contribution in [2.75, 3.05) is 24.7 Å². The van der Waals surface area contributed by atoms with Gasteiger partial charge in [-0.2, -0.15) is 18.3 Å². The van der Waals surface area contributed by atoms with Gasteiger partial charge in [0.1, 0.15) is 28.6 Å². The van der Waals surface area contributed by atoms with Crippen LogP contribution in [0.5, 0.6) is 17.2 Å². The number of hydrogen-bond acceptors (Lipinski definition) is 6. The van der Waals surface area contributed by atoms with Crippen LogP contribution in [0.1, 0.15) is 148 Å². The van der Waals surface area contributed by atoms with Crippen molar-refractivity contribution in [1.82, 2.24) is 15.2 Å². The molecule has 1 N–H and O–H groups in total. The fourth-order valence-electron chi connectivity index (χ4n) is 6.77. The number of aromatic amines is 1. The number of nitrogens with zero attached hydrogens (tertiary/aromatic N) is 3. The Morgan fingerprint density at radius 3 is 1.62 bits per heavy atom. The molecule has 0 bridgehead atoms. The van der Waals surface area contributed by atoms with Crippen LogP contribution >= 0.6 is 0 Å². The summed E-state index contributed by atoms with van der Waals surface area (Å²) < 4.78 is 59.6. The van der Waals surface area contributed by atoms with Gasteiger partial charge in [0.25, 0.3) is 0 Å². The minimum Gasteiger partial charge on any atom is -0.494 e. The molecule has 56 heavy (non-hydrogen) atoms. The van der Waals surface area contributed by atoms with Gasteiger partial charge in [-0.3, -0.25) is 10.1 Å². The lowest BCUT2D eigenvalue weighted by molar-refractivity contribution is -0.141. The van der Waals surface area contributed by atoms with Crippen molar-refractivity contribution >= 4 is 17.1 Å². The van der Waals surface area contributed by atoms with E-state index in [1.807, 2.05) is 49.4 Å². The van der Waals surface area contributed by atoms with E-state index in [2.05, 4.69) is 40.9 Å².